The van der Waals surface area contributed by atoms with Crippen LogP contribution in [-0.2, 0) is 4.79 Å². The van der Waals surface area contributed by atoms with E-state index < -0.39 is 0 Å². The van der Waals surface area contributed by atoms with Gasteiger partial charge in [-0.2, -0.15) is 0 Å². The van der Waals surface area contributed by atoms with Crippen molar-refractivity contribution in [2.75, 3.05) is 26.2 Å². The van der Waals surface area contributed by atoms with Crippen molar-refractivity contribution in [1.82, 2.24) is 15.2 Å². The zero-order chi connectivity index (χ0) is 23.4. The van der Waals surface area contributed by atoms with Crippen molar-refractivity contribution < 1.29 is 4.79 Å². The van der Waals surface area contributed by atoms with E-state index in [9.17, 15) is 4.79 Å². The Morgan fingerprint density at radius 1 is 0.882 bits per heavy atom. The fourth-order valence-corrected chi connectivity index (χ4v) is 4.46. The summed E-state index contributed by atoms with van der Waals surface area (Å²) in [7, 11) is 0. The number of likely N-dealkylation sites (tertiary alicyclic amines) is 1. The number of hydrogen-bond acceptors (Lipinski definition) is 3. The summed E-state index contributed by atoms with van der Waals surface area (Å²) in [4.78, 5) is 18.6. The summed E-state index contributed by atoms with van der Waals surface area (Å²) in [5, 5.41) is 2.98. The van der Waals surface area contributed by atoms with Crippen LogP contribution in [0.15, 0.2) is 96.8 Å². The first-order valence-electron chi connectivity index (χ1n) is 12.2. The van der Waals surface area contributed by atoms with Crippen LogP contribution in [0.2, 0.25) is 0 Å². The Balaban J connectivity index is 1.22. The van der Waals surface area contributed by atoms with Crippen molar-refractivity contribution >= 4 is 17.6 Å². The summed E-state index contributed by atoms with van der Waals surface area (Å²) >= 11 is 0. The van der Waals surface area contributed by atoms with Gasteiger partial charge >= 0.3 is 0 Å². The Morgan fingerprint density at radius 2 is 1.56 bits per heavy atom. The highest BCUT2D eigenvalue weighted by atomic mass is 16.1. The Labute approximate surface area is 203 Å². The number of benzene rings is 2. The molecule has 4 heteroatoms. The molecule has 4 rings (SSSR count). The second-order valence-electron chi connectivity index (χ2n) is 8.67. The molecule has 1 N–H and O–H groups in total. The van der Waals surface area contributed by atoms with E-state index in [0.29, 0.717) is 6.54 Å². The summed E-state index contributed by atoms with van der Waals surface area (Å²) in [6, 6.07) is 25.4. The zero-order valence-corrected chi connectivity index (χ0v) is 19.7. The van der Waals surface area contributed by atoms with E-state index in [1.807, 2.05) is 12.1 Å². The molecule has 0 bridgehead atoms. The van der Waals surface area contributed by atoms with Gasteiger partial charge in [0.15, 0.2) is 0 Å². The lowest BCUT2D eigenvalue weighted by atomic mass is 9.88. The van der Waals surface area contributed by atoms with Crippen LogP contribution < -0.4 is 5.32 Å². The molecule has 174 valence electrons. The van der Waals surface area contributed by atoms with E-state index in [2.05, 4.69) is 75.9 Å². The van der Waals surface area contributed by atoms with Gasteiger partial charge in [0.25, 0.3) is 0 Å². The maximum atomic E-state index is 12.0. The Hall–Kier alpha value is -3.50. The SMILES string of the molecule is O=C(/C=C/c1cccnc1)NCCCCN1CCC(=C(c2ccccc2)c2ccccc2)CC1. The molecule has 1 aromatic heterocycles. The molecule has 2 heterocycles. The predicted molar refractivity (Wildman–Crippen MR) is 140 cm³/mol. The highest BCUT2D eigenvalue weighted by Crippen LogP contribution is 2.32. The number of carbonyl (C=O) groups is 1. The number of amides is 1. The molecule has 0 unspecified atom stereocenters. The maximum absolute atomic E-state index is 12.0. The number of piperidine rings is 1. The molecule has 1 amide bonds. The minimum Gasteiger partial charge on any atom is -0.353 e. The van der Waals surface area contributed by atoms with E-state index in [0.717, 1.165) is 50.9 Å². The third-order valence-corrected chi connectivity index (χ3v) is 6.25. The van der Waals surface area contributed by atoms with E-state index in [4.69, 9.17) is 0 Å². The van der Waals surface area contributed by atoms with Crippen molar-refractivity contribution in [2.45, 2.75) is 25.7 Å². The van der Waals surface area contributed by atoms with Crippen LogP contribution in [0.3, 0.4) is 0 Å². The Morgan fingerprint density at radius 3 is 2.18 bits per heavy atom. The fraction of sp³-hybridized carbons (Fsp3) is 0.267. The van der Waals surface area contributed by atoms with Crippen LogP contribution in [0.25, 0.3) is 11.6 Å². The molecule has 1 saturated heterocycles. The first-order chi connectivity index (χ1) is 16.8. The Kier molecular flexibility index (Phi) is 8.81. The minimum atomic E-state index is -0.0500. The summed E-state index contributed by atoms with van der Waals surface area (Å²) < 4.78 is 0. The predicted octanol–water partition coefficient (Wildman–Crippen LogP) is 5.59. The van der Waals surface area contributed by atoms with Gasteiger partial charge in [-0.15, -0.1) is 0 Å². The number of hydrogen-bond donors (Lipinski definition) is 1. The van der Waals surface area contributed by atoms with Gasteiger partial charge in [-0.1, -0.05) is 72.3 Å². The largest absolute Gasteiger partial charge is 0.353 e. The van der Waals surface area contributed by atoms with Crippen molar-refractivity contribution in [3.8, 4) is 0 Å². The molecular formula is C30H33N3O. The lowest BCUT2D eigenvalue weighted by Crippen LogP contribution is -2.32. The highest BCUT2D eigenvalue weighted by Gasteiger charge is 2.18. The molecule has 4 nitrogen and oxygen atoms in total. The number of unbranched alkanes of at least 4 members (excludes halogenated alkanes) is 1. The molecule has 1 fully saturated rings. The summed E-state index contributed by atoms with van der Waals surface area (Å²) in [6.07, 6.45) is 11.1. The van der Waals surface area contributed by atoms with E-state index in [1.165, 1.54) is 16.7 Å². The number of nitrogens with zero attached hydrogens (tertiary/aromatic N) is 2. The standard InChI is InChI=1S/C30H33N3O/c34-29(16-15-25-10-9-19-31-24-25)32-20-7-8-21-33-22-17-28(18-23-33)30(26-11-3-1-4-12-26)27-13-5-2-6-14-27/h1-6,9-16,19,24H,7-8,17-18,20-23H2,(H,32,34)/b16-15+. The molecule has 3 aromatic rings. The van der Waals surface area contributed by atoms with E-state index in [1.54, 1.807) is 30.1 Å². The van der Waals surface area contributed by atoms with Crippen LogP contribution in [0.5, 0.6) is 0 Å². The van der Waals surface area contributed by atoms with Gasteiger partial charge in [0.05, 0.1) is 0 Å². The molecule has 0 atom stereocenters. The number of aromatic nitrogens is 1. The van der Waals surface area contributed by atoms with Gasteiger partial charge in [0.2, 0.25) is 5.91 Å². The molecule has 0 saturated carbocycles. The van der Waals surface area contributed by atoms with Gasteiger partial charge in [-0.25, -0.2) is 0 Å². The molecule has 1 aliphatic heterocycles. The first kappa shape index (κ1) is 23.7. The average Bonchev–Trinajstić information content (AvgIpc) is 2.90. The van der Waals surface area contributed by atoms with Gasteiger partial charge in [-0.05, 0) is 66.6 Å². The van der Waals surface area contributed by atoms with Crippen molar-refractivity contribution in [3.05, 3.63) is 114 Å². The maximum Gasteiger partial charge on any atom is 0.243 e. The molecule has 34 heavy (non-hydrogen) atoms. The summed E-state index contributed by atoms with van der Waals surface area (Å²) in [5.74, 6) is -0.0500. The van der Waals surface area contributed by atoms with Crippen LogP contribution in [0.4, 0.5) is 0 Å². The zero-order valence-electron chi connectivity index (χ0n) is 19.7. The van der Waals surface area contributed by atoms with Crippen LogP contribution in [-0.4, -0.2) is 42.0 Å². The second-order valence-corrected chi connectivity index (χ2v) is 8.67. The van der Waals surface area contributed by atoms with E-state index in [-0.39, 0.29) is 5.91 Å². The molecule has 0 radical (unpaired) electrons. The first-order valence-corrected chi connectivity index (χ1v) is 12.2. The lowest BCUT2D eigenvalue weighted by molar-refractivity contribution is -0.116. The van der Waals surface area contributed by atoms with Crippen LogP contribution in [0, 0.1) is 0 Å². The molecule has 1 aliphatic rings. The Bertz CT molecular complexity index is 1040. The van der Waals surface area contributed by atoms with Crippen molar-refractivity contribution in [3.63, 3.8) is 0 Å². The van der Waals surface area contributed by atoms with Gasteiger partial charge in [0, 0.05) is 38.1 Å². The summed E-state index contributed by atoms with van der Waals surface area (Å²) in [6.45, 7) is 3.99. The van der Waals surface area contributed by atoms with Gasteiger partial charge < -0.3 is 10.2 Å². The molecule has 0 spiro atoms. The topological polar surface area (TPSA) is 45.2 Å². The fourth-order valence-electron chi connectivity index (χ4n) is 4.46. The molecular weight excluding hydrogens is 418 g/mol. The van der Waals surface area contributed by atoms with Gasteiger partial charge in [0.1, 0.15) is 0 Å². The quantitative estimate of drug-likeness (QED) is 0.341. The normalized spacial score (nSPS) is 14.3. The smallest absolute Gasteiger partial charge is 0.243 e. The van der Waals surface area contributed by atoms with Gasteiger partial charge in [-0.3, -0.25) is 9.78 Å². The average molecular weight is 452 g/mol. The minimum absolute atomic E-state index is 0.0500. The number of pyridine rings is 1. The second kappa shape index (κ2) is 12.7. The lowest BCUT2D eigenvalue weighted by Gasteiger charge is -2.30. The number of rotatable bonds is 9. The van der Waals surface area contributed by atoms with Crippen LogP contribution in [0.1, 0.15) is 42.4 Å². The third kappa shape index (κ3) is 7.00. The third-order valence-electron chi connectivity index (χ3n) is 6.25. The van der Waals surface area contributed by atoms with Crippen molar-refractivity contribution in [2.24, 2.45) is 0 Å². The molecule has 0 aliphatic carbocycles. The van der Waals surface area contributed by atoms with Crippen molar-refractivity contribution in [1.29, 1.82) is 0 Å². The monoisotopic (exact) mass is 451 g/mol. The van der Waals surface area contributed by atoms with E-state index >= 15 is 0 Å². The summed E-state index contributed by atoms with van der Waals surface area (Å²) in [5.41, 5.74) is 6.51. The number of nitrogens with one attached hydrogen (secondary N) is 1. The van der Waals surface area contributed by atoms with Crippen LogP contribution >= 0.6 is 0 Å². The highest BCUT2D eigenvalue weighted by molar-refractivity contribution is 5.91. The molecule has 2 aromatic carbocycles. The number of carbonyl (C=O) groups excluding carboxylic acids is 1.